The number of hydrogen-bond acceptors (Lipinski definition) is 6. The lowest BCUT2D eigenvalue weighted by atomic mass is 10.1. The molecular weight excluding hydrogens is 302 g/mol. The fourth-order valence-corrected chi connectivity index (χ4v) is 3.48. The van der Waals surface area contributed by atoms with Crippen LogP contribution in [0.25, 0.3) is 0 Å². The first-order valence-electron chi connectivity index (χ1n) is 6.73. The fourth-order valence-electron chi connectivity index (χ4n) is 2.03. The van der Waals surface area contributed by atoms with E-state index in [1.807, 2.05) is 0 Å². The molecule has 0 amide bonds. The van der Waals surface area contributed by atoms with Gasteiger partial charge < -0.3 is 14.6 Å². The number of ether oxygens (including phenoxy) is 2. The standard InChI is InChI=1S/C12H21NO7S/c1-19-12(16)5-9-21(17,18)13-6-2-10(3-7-13)20-8-4-11(14)15/h10H,2-9H2,1H3,(H,14,15). The lowest BCUT2D eigenvalue weighted by molar-refractivity contribution is -0.140. The summed E-state index contributed by atoms with van der Waals surface area (Å²) in [6.07, 6.45) is 0.719. The number of carbonyl (C=O) groups excluding carboxylic acids is 1. The molecule has 8 nitrogen and oxygen atoms in total. The third kappa shape index (κ3) is 6.40. The molecule has 0 aromatic carbocycles. The van der Waals surface area contributed by atoms with Gasteiger partial charge in [0.15, 0.2) is 0 Å². The fraction of sp³-hybridized carbons (Fsp3) is 0.833. The molecule has 122 valence electrons. The molecule has 0 spiro atoms. The van der Waals surface area contributed by atoms with Crippen molar-refractivity contribution in [2.45, 2.75) is 31.8 Å². The highest BCUT2D eigenvalue weighted by atomic mass is 32.2. The van der Waals surface area contributed by atoms with E-state index in [2.05, 4.69) is 4.74 Å². The Balaban J connectivity index is 2.34. The highest BCUT2D eigenvalue weighted by molar-refractivity contribution is 7.89. The summed E-state index contributed by atoms with van der Waals surface area (Å²) in [7, 11) is -2.25. The van der Waals surface area contributed by atoms with Crippen LogP contribution in [0.1, 0.15) is 25.7 Å². The van der Waals surface area contributed by atoms with Crippen molar-refractivity contribution in [3.63, 3.8) is 0 Å². The molecule has 0 aromatic heterocycles. The van der Waals surface area contributed by atoms with Gasteiger partial charge in [-0.2, -0.15) is 0 Å². The van der Waals surface area contributed by atoms with Crippen LogP contribution in [0.5, 0.6) is 0 Å². The van der Waals surface area contributed by atoms with Crippen molar-refractivity contribution in [2.24, 2.45) is 0 Å². The van der Waals surface area contributed by atoms with E-state index < -0.39 is 22.0 Å². The molecule has 1 fully saturated rings. The summed E-state index contributed by atoms with van der Waals surface area (Å²) in [6, 6.07) is 0. The van der Waals surface area contributed by atoms with E-state index in [0.29, 0.717) is 25.9 Å². The van der Waals surface area contributed by atoms with Gasteiger partial charge in [-0.05, 0) is 12.8 Å². The molecule has 1 aliphatic rings. The Bertz CT molecular complexity index is 454. The van der Waals surface area contributed by atoms with Gasteiger partial charge >= 0.3 is 11.9 Å². The smallest absolute Gasteiger partial charge is 0.306 e. The van der Waals surface area contributed by atoms with Crippen LogP contribution in [0.3, 0.4) is 0 Å². The predicted molar refractivity (Wildman–Crippen MR) is 73.2 cm³/mol. The van der Waals surface area contributed by atoms with E-state index in [1.165, 1.54) is 11.4 Å². The largest absolute Gasteiger partial charge is 0.481 e. The maximum Gasteiger partial charge on any atom is 0.306 e. The Morgan fingerprint density at radius 3 is 2.38 bits per heavy atom. The van der Waals surface area contributed by atoms with Crippen molar-refractivity contribution in [1.82, 2.24) is 4.31 Å². The first-order chi connectivity index (χ1) is 9.85. The second-order valence-electron chi connectivity index (χ2n) is 4.76. The molecule has 0 unspecified atom stereocenters. The van der Waals surface area contributed by atoms with E-state index >= 15 is 0 Å². The van der Waals surface area contributed by atoms with Crippen LogP contribution in [0.4, 0.5) is 0 Å². The zero-order valence-electron chi connectivity index (χ0n) is 12.0. The Kier molecular flexibility index (Phi) is 7.06. The summed E-state index contributed by atoms with van der Waals surface area (Å²) in [5.41, 5.74) is 0. The number of carboxylic acid groups (broad SMARTS) is 1. The average Bonchev–Trinajstić information content (AvgIpc) is 2.45. The zero-order valence-corrected chi connectivity index (χ0v) is 12.8. The number of methoxy groups -OCH3 is 1. The van der Waals surface area contributed by atoms with E-state index in [1.54, 1.807) is 0 Å². The van der Waals surface area contributed by atoms with Crippen LogP contribution in [0, 0.1) is 0 Å². The summed E-state index contributed by atoms with van der Waals surface area (Å²) in [4.78, 5) is 21.4. The second kappa shape index (κ2) is 8.30. The van der Waals surface area contributed by atoms with Crippen LogP contribution in [-0.4, -0.2) is 68.4 Å². The zero-order chi connectivity index (χ0) is 15.9. The number of rotatable bonds is 8. The average molecular weight is 323 g/mol. The molecule has 1 N–H and O–H groups in total. The molecule has 0 bridgehead atoms. The lowest BCUT2D eigenvalue weighted by Crippen LogP contribution is -2.42. The number of piperidine rings is 1. The van der Waals surface area contributed by atoms with Gasteiger partial charge in [0.05, 0.1) is 38.4 Å². The van der Waals surface area contributed by atoms with Gasteiger partial charge in [0, 0.05) is 13.1 Å². The van der Waals surface area contributed by atoms with Gasteiger partial charge in [-0.3, -0.25) is 9.59 Å². The molecule has 0 aliphatic carbocycles. The Morgan fingerprint density at radius 1 is 1.24 bits per heavy atom. The van der Waals surface area contributed by atoms with E-state index in [-0.39, 0.29) is 31.3 Å². The second-order valence-corrected chi connectivity index (χ2v) is 6.84. The number of nitrogens with zero attached hydrogens (tertiary/aromatic N) is 1. The highest BCUT2D eigenvalue weighted by Gasteiger charge is 2.28. The monoisotopic (exact) mass is 323 g/mol. The summed E-state index contributed by atoms with van der Waals surface area (Å²) in [5, 5.41) is 8.51. The number of sulfonamides is 1. The van der Waals surface area contributed by atoms with Gasteiger partial charge in [0.2, 0.25) is 10.0 Å². The van der Waals surface area contributed by atoms with E-state index in [0.717, 1.165) is 0 Å². The third-order valence-electron chi connectivity index (χ3n) is 3.26. The van der Waals surface area contributed by atoms with E-state index in [4.69, 9.17) is 9.84 Å². The first-order valence-corrected chi connectivity index (χ1v) is 8.34. The van der Waals surface area contributed by atoms with Crippen molar-refractivity contribution < 1.29 is 32.6 Å². The van der Waals surface area contributed by atoms with Crippen molar-refractivity contribution in [1.29, 1.82) is 0 Å². The van der Waals surface area contributed by atoms with Gasteiger partial charge in [0.25, 0.3) is 0 Å². The molecule has 1 rings (SSSR count). The molecule has 0 radical (unpaired) electrons. The number of esters is 1. The van der Waals surface area contributed by atoms with Gasteiger partial charge in [-0.15, -0.1) is 0 Å². The van der Waals surface area contributed by atoms with Crippen LogP contribution >= 0.6 is 0 Å². The van der Waals surface area contributed by atoms with Crippen LogP contribution in [0.15, 0.2) is 0 Å². The number of aliphatic carboxylic acids is 1. The summed E-state index contributed by atoms with van der Waals surface area (Å²) < 4.78 is 35.2. The number of hydrogen-bond donors (Lipinski definition) is 1. The number of carboxylic acids is 1. The molecule has 1 aliphatic heterocycles. The molecule has 21 heavy (non-hydrogen) atoms. The van der Waals surface area contributed by atoms with Gasteiger partial charge in [-0.25, -0.2) is 12.7 Å². The van der Waals surface area contributed by atoms with Gasteiger partial charge in [0.1, 0.15) is 0 Å². The topological polar surface area (TPSA) is 110 Å². The van der Waals surface area contributed by atoms with Crippen LogP contribution in [-0.2, 0) is 29.1 Å². The summed E-state index contributed by atoms with van der Waals surface area (Å²) in [6.45, 7) is 0.775. The minimum atomic E-state index is -3.46. The molecule has 0 aromatic rings. The van der Waals surface area contributed by atoms with Crippen molar-refractivity contribution >= 4 is 22.0 Å². The summed E-state index contributed by atoms with van der Waals surface area (Å²) >= 11 is 0. The molecular formula is C12H21NO7S. The maximum absolute atomic E-state index is 12.0. The SMILES string of the molecule is COC(=O)CCS(=O)(=O)N1CCC(OCCC(=O)O)CC1. The Labute approximate surface area is 124 Å². The minimum absolute atomic E-state index is 0.0579. The normalized spacial score (nSPS) is 17.6. The van der Waals surface area contributed by atoms with Crippen molar-refractivity contribution in [2.75, 3.05) is 32.6 Å². The first kappa shape index (κ1) is 17.9. The quantitative estimate of drug-likeness (QED) is 0.618. The molecule has 1 saturated heterocycles. The third-order valence-corrected chi connectivity index (χ3v) is 5.13. The highest BCUT2D eigenvalue weighted by Crippen LogP contribution is 2.17. The van der Waals surface area contributed by atoms with Crippen molar-refractivity contribution in [3.05, 3.63) is 0 Å². The molecule has 1 heterocycles. The molecule has 0 atom stereocenters. The maximum atomic E-state index is 12.0. The summed E-state index contributed by atoms with van der Waals surface area (Å²) in [5.74, 6) is -1.73. The van der Waals surface area contributed by atoms with Crippen molar-refractivity contribution in [3.8, 4) is 0 Å². The van der Waals surface area contributed by atoms with Crippen LogP contribution in [0.2, 0.25) is 0 Å². The Hall–Kier alpha value is -1.19. The number of carbonyl (C=O) groups is 2. The van der Waals surface area contributed by atoms with Crippen LogP contribution < -0.4 is 0 Å². The minimum Gasteiger partial charge on any atom is -0.481 e. The predicted octanol–water partition coefficient (Wildman–Crippen LogP) is -0.165. The Morgan fingerprint density at radius 2 is 1.86 bits per heavy atom. The lowest BCUT2D eigenvalue weighted by Gasteiger charge is -2.31. The van der Waals surface area contributed by atoms with E-state index in [9.17, 15) is 18.0 Å². The van der Waals surface area contributed by atoms with Gasteiger partial charge in [-0.1, -0.05) is 0 Å². The molecule has 9 heteroatoms. The molecule has 0 saturated carbocycles.